The topological polar surface area (TPSA) is 64.3 Å². The number of nitrogens with one attached hydrogen (secondary N) is 1. The Labute approximate surface area is 129 Å². The van der Waals surface area contributed by atoms with E-state index in [4.69, 9.17) is 10.5 Å². The van der Waals surface area contributed by atoms with E-state index in [0.717, 1.165) is 22.3 Å². The summed E-state index contributed by atoms with van der Waals surface area (Å²) in [7, 11) is 1.62. The molecule has 1 aromatic carbocycles. The van der Waals surface area contributed by atoms with E-state index < -0.39 is 0 Å². The zero-order chi connectivity index (χ0) is 15.6. The van der Waals surface area contributed by atoms with Gasteiger partial charge in [-0.3, -0.25) is 4.79 Å². The molecule has 2 rings (SSSR count). The monoisotopic (exact) mass is 306 g/mol. The van der Waals surface area contributed by atoms with E-state index in [-0.39, 0.29) is 11.3 Å². The highest BCUT2D eigenvalue weighted by atomic mass is 32.1. The van der Waals surface area contributed by atoms with Gasteiger partial charge < -0.3 is 15.8 Å². The van der Waals surface area contributed by atoms with E-state index in [1.54, 1.807) is 7.11 Å². The van der Waals surface area contributed by atoms with Crippen molar-refractivity contribution in [3.63, 3.8) is 0 Å². The minimum absolute atomic E-state index is 0.100. The van der Waals surface area contributed by atoms with Crippen molar-refractivity contribution in [3.05, 3.63) is 23.1 Å². The second-order valence-electron chi connectivity index (χ2n) is 6.27. The lowest BCUT2D eigenvalue weighted by Crippen LogP contribution is -2.27. The molecule has 0 bridgehead atoms. The first kappa shape index (κ1) is 15.6. The number of rotatable bonds is 4. The van der Waals surface area contributed by atoms with Crippen LogP contribution in [0.4, 0.5) is 5.69 Å². The third kappa shape index (κ3) is 3.67. The summed E-state index contributed by atoms with van der Waals surface area (Å²) in [6, 6.07) is 5.65. The predicted molar refractivity (Wildman–Crippen MR) is 89.2 cm³/mol. The number of ether oxygens (including phenoxy) is 1. The summed E-state index contributed by atoms with van der Waals surface area (Å²) < 4.78 is 6.17. The van der Waals surface area contributed by atoms with Gasteiger partial charge in [-0.15, -0.1) is 11.3 Å². The van der Waals surface area contributed by atoms with Crippen LogP contribution in [-0.4, -0.2) is 19.6 Å². The Morgan fingerprint density at radius 3 is 2.71 bits per heavy atom. The molecule has 5 heteroatoms. The number of benzene rings is 1. The van der Waals surface area contributed by atoms with E-state index in [1.165, 1.54) is 11.3 Å². The molecule has 0 aliphatic heterocycles. The predicted octanol–water partition coefficient (Wildman–Crippen LogP) is 3.66. The molecule has 4 nitrogen and oxygen atoms in total. The first-order chi connectivity index (χ1) is 9.81. The average molecular weight is 306 g/mol. The average Bonchev–Trinajstić information content (AvgIpc) is 2.74. The second kappa shape index (κ2) is 5.93. The Morgan fingerprint density at radius 1 is 1.38 bits per heavy atom. The minimum atomic E-state index is -0.100. The smallest absolute Gasteiger partial charge is 0.263 e. The zero-order valence-electron chi connectivity index (χ0n) is 12.9. The van der Waals surface area contributed by atoms with Crippen molar-refractivity contribution in [2.24, 2.45) is 5.41 Å². The van der Waals surface area contributed by atoms with Gasteiger partial charge in [-0.05, 0) is 30.0 Å². The molecule has 2 aromatic rings. The van der Waals surface area contributed by atoms with E-state index in [9.17, 15) is 4.79 Å². The molecule has 0 aliphatic carbocycles. The molecule has 1 aromatic heterocycles. The molecule has 1 amide bonds. The maximum absolute atomic E-state index is 12.3. The van der Waals surface area contributed by atoms with Crippen molar-refractivity contribution in [2.75, 3.05) is 19.4 Å². The summed E-state index contributed by atoms with van der Waals surface area (Å²) in [5.74, 6) is 0.667. The van der Waals surface area contributed by atoms with Crippen molar-refractivity contribution in [1.29, 1.82) is 0 Å². The molecule has 0 radical (unpaired) electrons. The van der Waals surface area contributed by atoms with Crippen LogP contribution >= 0.6 is 11.3 Å². The SMILES string of the molecule is COc1ccc2c(N)c(C(=O)NCCC(C)(C)C)sc2c1. The highest BCUT2D eigenvalue weighted by Crippen LogP contribution is 2.35. The quantitative estimate of drug-likeness (QED) is 0.906. The zero-order valence-corrected chi connectivity index (χ0v) is 13.8. The third-order valence-electron chi connectivity index (χ3n) is 3.30. The number of amides is 1. The number of carbonyl (C=O) groups is 1. The van der Waals surface area contributed by atoms with Crippen molar-refractivity contribution in [3.8, 4) is 5.75 Å². The van der Waals surface area contributed by atoms with Gasteiger partial charge >= 0.3 is 0 Å². The van der Waals surface area contributed by atoms with Gasteiger partial charge in [0.25, 0.3) is 5.91 Å². The fourth-order valence-corrected chi connectivity index (χ4v) is 3.09. The number of nitrogen functional groups attached to an aromatic ring is 1. The standard InChI is InChI=1S/C16H22N2O2S/c1-16(2,3)7-8-18-15(19)14-13(17)11-6-5-10(20-4)9-12(11)21-14/h5-6,9H,7-8,17H2,1-4H3,(H,18,19). The summed E-state index contributed by atoms with van der Waals surface area (Å²) >= 11 is 1.40. The van der Waals surface area contributed by atoms with Crippen LogP contribution < -0.4 is 15.8 Å². The van der Waals surface area contributed by atoms with Crippen LogP contribution in [-0.2, 0) is 0 Å². The molecule has 0 saturated carbocycles. The minimum Gasteiger partial charge on any atom is -0.497 e. The number of thiophene rings is 1. The van der Waals surface area contributed by atoms with E-state index in [1.807, 2.05) is 18.2 Å². The Bertz CT molecular complexity index is 656. The molecule has 21 heavy (non-hydrogen) atoms. The summed E-state index contributed by atoms with van der Waals surface area (Å²) in [6.07, 6.45) is 0.928. The van der Waals surface area contributed by atoms with Gasteiger partial charge in [-0.25, -0.2) is 0 Å². The number of carbonyl (C=O) groups excluding carboxylic acids is 1. The number of fused-ring (bicyclic) bond motifs is 1. The molecule has 0 spiro atoms. The Morgan fingerprint density at radius 2 is 2.10 bits per heavy atom. The molecule has 114 valence electrons. The third-order valence-corrected chi connectivity index (χ3v) is 4.47. The van der Waals surface area contributed by atoms with Gasteiger partial charge in [0.05, 0.1) is 12.8 Å². The van der Waals surface area contributed by atoms with Gasteiger partial charge in [-0.1, -0.05) is 20.8 Å². The maximum atomic E-state index is 12.3. The first-order valence-corrected chi connectivity index (χ1v) is 7.78. The molecule has 0 saturated heterocycles. The molecular weight excluding hydrogens is 284 g/mol. The van der Waals surface area contributed by atoms with Gasteiger partial charge in [0.15, 0.2) is 0 Å². The fraction of sp³-hybridized carbons (Fsp3) is 0.438. The molecule has 0 atom stereocenters. The number of nitrogens with two attached hydrogens (primary N) is 1. The number of hydrogen-bond acceptors (Lipinski definition) is 4. The molecule has 0 fully saturated rings. The summed E-state index contributed by atoms with van der Waals surface area (Å²) in [4.78, 5) is 12.8. The molecule has 1 heterocycles. The summed E-state index contributed by atoms with van der Waals surface area (Å²) in [5.41, 5.74) is 6.85. The van der Waals surface area contributed by atoms with Gasteiger partial charge in [0.2, 0.25) is 0 Å². The highest BCUT2D eigenvalue weighted by Gasteiger charge is 2.17. The van der Waals surface area contributed by atoms with Crippen molar-refractivity contribution in [2.45, 2.75) is 27.2 Å². The van der Waals surface area contributed by atoms with Crippen LogP contribution in [0.1, 0.15) is 36.9 Å². The summed E-state index contributed by atoms with van der Waals surface area (Å²) in [5, 5.41) is 3.85. The first-order valence-electron chi connectivity index (χ1n) is 6.96. The lowest BCUT2D eigenvalue weighted by Gasteiger charge is -2.17. The van der Waals surface area contributed by atoms with Gasteiger partial charge in [0, 0.05) is 16.6 Å². The molecular formula is C16H22N2O2S. The van der Waals surface area contributed by atoms with Gasteiger partial charge in [0.1, 0.15) is 10.6 Å². The highest BCUT2D eigenvalue weighted by molar-refractivity contribution is 7.21. The van der Waals surface area contributed by atoms with Crippen LogP contribution in [0.2, 0.25) is 0 Å². The van der Waals surface area contributed by atoms with Crippen molar-refractivity contribution < 1.29 is 9.53 Å². The lowest BCUT2D eigenvalue weighted by atomic mass is 9.92. The Kier molecular flexibility index (Phi) is 4.42. The number of methoxy groups -OCH3 is 1. The van der Waals surface area contributed by atoms with E-state index >= 15 is 0 Å². The van der Waals surface area contributed by atoms with Gasteiger partial charge in [-0.2, -0.15) is 0 Å². The van der Waals surface area contributed by atoms with Crippen molar-refractivity contribution in [1.82, 2.24) is 5.32 Å². The van der Waals surface area contributed by atoms with Crippen LogP contribution in [0.25, 0.3) is 10.1 Å². The second-order valence-corrected chi connectivity index (χ2v) is 7.33. The maximum Gasteiger partial charge on any atom is 0.263 e. The Hall–Kier alpha value is -1.75. The Balaban J connectivity index is 2.17. The fourth-order valence-electron chi connectivity index (χ4n) is 2.02. The van der Waals surface area contributed by atoms with Crippen LogP contribution in [0.15, 0.2) is 18.2 Å². The summed E-state index contributed by atoms with van der Waals surface area (Å²) in [6.45, 7) is 7.11. The van der Waals surface area contributed by atoms with E-state index in [2.05, 4.69) is 26.1 Å². The number of hydrogen-bond donors (Lipinski definition) is 2. The van der Waals surface area contributed by atoms with Crippen molar-refractivity contribution >= 4 is 33.0 Å². The normalized spacial score (nSPS) is 11.6. The largest absolute Gasteiger partial charge is 0.497 e. The molecule has 3 N–H and O–H groups in total. The number of anilines is 1. The molecule has 0 unspecified atom stereocenters. The molecule has 0 aliphatic rings. The van der Waals surface area contributed by atoms with E-state index in [0.29, 0.717) is 17.1 Å². The lowest BCUT2D eigenvalue weighted by molar-refractivity contribution is 0.0954. The van der Waals surface area contributed by atoms with Crippen LogP contribution in [0.3, 0.4) is 0 Å². The van der Waals surface area contributed by atoms with Crippen LogP contribution in [0, 0.1) is 5.41 Å². The van der Waals surface area contributed by atoms with Crippen LogP contribution in [0.5, 0.6) is 5.75 Å².